The fraction of sp³-hybridized carbons (Fsp3) is 0.176. The van der Waals surface area contributed by atoms with Gasteiger partial charge >= 0.3 is 0 Å². The first kappa shape index (κ1) is 21.5. The Morgan fingerprint density at radius 1 is 1.14 bits per heavy atom. The van der Waals surface area contributed by atoms with Gasteiger partial charge in [-0.15, -0.1) is 22.7 Å². The monoisotopic (exact) mass is 494 g/mol. The first-order valence-corrected chi connectivity index (χ1v) is 12.4. The number of halogens is 3. The summed E-state index contributed by atoms with van der Waals surface area (Å²) >= 11 is 20.3. The van der Waals surface area contributed by atoms with Crippen LogP contribution in [0.25, 0.3) is 11.3 Å². The molecule has 0 spiro atoms. The van der Waals surface area contributed by atoms with Crippen molar-refractivity contribution in [1.29, 1.82) is 0 Å². The second-order valence-electron chi connectivity index (χ2n) is 5.70. The minimum Gasteiger partial charge on any atom is -0.302 e. The first-order valence-electron chi connectivity index (χ1n) is 7.93. The van der Waals surface area contributed by atoms with Gasteiger partial charge in [-0.2, -0.15) is 0 Å². The van der Waals surface area contributed by atoms with Gasteiger partial charge in [-0.3, -0.25) is 4.79 Å². The molecule has 5 nitrogen and oxygen atoms in total. The molecule has 0 atom stereocenters. The maximum absolute atomic E-state index is 12.3. The molecule has 0 radical (unpaired) electrons. The zero-order valence-electron chi connectivity index (χ0n) is 14.1. The van der Waals surface area contributed by atoms with Gasteiger partial charge in [0.1, 0.15) is 4.34 Å². The lowest BCUT2D eigenvalue weighted by Crippen LogP contribution is -2.14. The quantitative estimate of drug-likeness (QED) is 0.434. The lowest BCUT2D eigenvalue weighted by atomic mass is 10.3. The van der Waals surface area contributed by atoms with Crippen LogP contribution in [-0.2, 0) is 14.6 Å². The highest BCUT2D eigenvalue weighted by atomic mass is 35.5. The van der Waals surface area contributed by atoms with Gasteiger partial charge in [0.05, 0.1) is 20.7 Å². The Balaban J connectivity index is 1.54. The molecule has 3 aromatic rings. The molecule has 3 rings (SSSR count). The van der Waals surface area contributed by atoms with E-state index < -0.39 is 9.84 Å². The average Bonchev–Trinajstić information content (AvgIpc) is 3.20. The zero-order valence-corrected chi connectivity index (χ0v) is 18.8. The third-order valence-electron chi connectivity index (χ3n) is 3.67. The highest BCUT2D eigenvalue weighted by Crippen LogP contribution is 2.39. The number of carbonyl (C=O) groups excluding carboxylic acids is 1. The number of amides is 1. The molecule has 2 aromatic heterocycles. The number of aromatic nitrogens is 1. The van der Waals surface area contributed by atoms with Gasteiger partial charge in [0.15, 0.2) is 15.0 Å². The van der Waals surface area contributed by atoms with Crippen LogP contribution < -0.4 is 5.32 Å². The topological polar surface area (TPSA) is 76.1 Å². The molecule has 0 aliphatic rings. The number of rotatable bonds is 7. The van der Waals surface area contributed by atoms with E-state index in [2.05, 4.69) is 10.3 Å². The molecule has 1 amide bonds. The highest BCUT2D eigenvalue weighted by molar-refractivity contribution is 7.91. The standard InChI is InChI=1S/C17H13Cl3N2O3S3/c18-10-3-5-11(6-4-10)28(24,25)7-1-2-15(23)22-17-21-13(9-26-17)12-8-14(19)27-16(12)20/h3-6,8-9H,1-2,7H2,(H,21,22,23). The molecular weight excluding hydrogens is 483 g/mol. The van der Waals surface area contributed by atoms with Gasteiger partial charge in [0.2, 0.25) is 5.91 Å². The molecule has 0 aliphatic carbocycles. The Kier molecular flexibility index (Phi) is 7.01. The third-order valence-corrected chi connectivity index (χ3v) is 7.99. The first-order chi connectivity index (χ1) is 13.2. The van der Waals surface area contributed by atoms with Crippen LogP contribution in [-0.4, -0.2) is 25.1 Å². The SMILES string of the molecule is O=C(CCCS(=O)(=O)c1ccc(Cl)cc1)Nc1nc(-c2cc(Cl)sc2Cl)cs1. The molecule has 0 saturated carbocycles. The number of sulfone groups is 1. The van der Waals surface area contributed by atoms with E-state index in [1.807, 2.05) is 0 Å². The van der Waals surface area contributed by atoms with E-state index in [0.717, 1.165) is 0 Å². The molecule has 0 unspecified atom stereocenters. The number of hydrogen-bond donors (Lipinski definition) is 1. The number of thiophene rings is 1. The van der Waals surface area contributed by atoms with Crippen molar-refractivity contribution in [2.75, 3.05) is 11.1 Å². The second-order valence-corrected chi connectivity index (χ2v) is 11.4. The summed E-state index contributed by atoms with van der Waals surface area (Å²) < 4.78 is 25.6. The van der Waals surface area contributed by atoms with Crippen molar-refractivity contribution < 1.29 is 13.2 Å². The molecule has 1 N–H and O–H groups in total. The summed E-state index contributed by atoms with van der Waals surface area (Å²) in [4.78, 5) is 16.6. The molecule has 28 heavy (non-hydrogen) atoms. The zero-order chi connectivity index (χ0) is 20.3. The van der Waals surface area contributed by atoms with Crippen molar-refractivity contribution in [1.82, 2.24) is 4.98 Å². The summed E-state index contributed by atoms with van der Waals surface area (Å²) in [6, 6.07) is 7.67. The molecule has 2 heterocycles. The van der Waals surface area contributed by atoms with Crippen molar-refractivity contribution in [2.45, 2.75) is 17.7 Å². The fourth-order valence-electron chi connectivity index (χ4n) is 2.33. The fourth-order valence-corrected chi connectivity index (χ4v) is 5.98. The highest BCUT2D eigenvalue weighted by Gasteiger charge is 2.16. The molecule has 0 aliphatic heterocycles. The summed E-state index contributed by atoms with van der Waals surface area (Å²) in [6.07, 6.45) is 0.258. The van der Waals surface area contributed by atoms with Crippen molar-refractivity contribution in [3.63, 3.8) is 0 Å². The van der Waals surface area contributed by atoms with Crippen molar-refractivity contribution >= 4 is 78.4 Å². The third kappa shape index (κ3) is 5.46. The molecular formula is C17H13Cl3N2O3S3. The van der Waals surface area contributed by atoms with Crippen LogP contribution in [0.5, 0.6) is 0 Å². The molecule has 11 heteroatoms. The van der Waals surface area contributed by atoms with E-state index in [1.165, 1.54) is 46.9 Å². The van der Waals surface area contributed by atoms with Gasteiger partial charge in [0.25, 0.3) is 0 Å². The van der Waals surface area contributed by atoms with Crippen molar-refractivity contribution in [3.05, 3.63) is 49.4 Å². The van der Waals surface area contributed by atoms with Crippen LogP contribution in [0.4, 0.5) is 5.13 Å². The number of carbonyl (C=O) groups is 1. The van der Waals surface area contributed by atoms with Crippen LogP contribution in [0.1, 0.15) is 12.8 Å². The van der Waals surface area contributed by atoms with Crippen LogP contribution in [0.15, 0.2) is 40.6 Å². The summed E-state index contributed by atoms with van der Waals surface area (Å²) in [5.74, 6) is -0.435. The predicted octanol–water partition coefficient (Wildman–Crippen LogP) is 6.02. The molecule has 0 saturated heterocycles. The van der Waals surface area contributed by atoms with E-state index in [-0.39, 0.29) is 29.4 Å². The van der Waals surface area contributed by atoms with E-state index in [0.29, 0.717) is 30.1 Å². The number of benzene rings is 1. The molecule has 1 aromatic carbocycles. The molecule has 0 bridgehead atoms. The van der Waals surface area contributed by atoms with Crippen molar-refractivity contribution in [3.8, 4) is 11.3 Å². The van der Waals surface area contributed by atoms with E-state index in [4.69, 9.17) is 34.8 Å². The summed E-state index contributed by atoms with van der Waals surface area (Å²) in [6.45, 7) is 0. The smallest absolute Gasteiger partial charge is 0.226 e. The number of thiazole rings is 1. The number of nitrogens with zero attached hydrogens (tertiary/aromatic N) is 1. The number of anilines is 1. The largest absolute Gasteiger partial charge is 0.302 e. The van der Waals surface area contributed by atoms with Crippen LogP contribution >= 0.6 is 57.5 Å². The van der Waals surface area contributed by atoms with Gasteiger partial charge in [-0.1, -0.05) is 34.8 Å². The maximum Gasteiger partial charge on any atom is 0.226 e. The van der Waals surface area contributed by atoms with Crippen LogP contribution in [0.2, 0.25) is 13.7 Å². The Morgan fingerprint density at radius 3 is 2.50 bits per heavy atom. The second kappa shape index (κ2) is 9.11. The summed E-state index contributed by atoms with van der Waals surface area (Å²) in [5.41, 5.74) is 1.33. The number of hydrogen-bond acceptors (Lipinski definition) is 6. The van der Waals surface area contributed by atoms with E-state index in [1.54, 1.807) is 11.4 Å². The summed E-state index contributed by atoms with van der Waals surface area (Å²) in [7, 11) is -3.46. The van der Waals surface area contributed by atoms with Crippen molar-refractivity contribution in [2.24, 2.45) is 0 Å². The minimum atomic E-state index is -3.46. The Labute approximate surface area is 185 Å². The van der Waals surface area contributed by atoms with E-state index in [9.17, 15) is 13.2 Å². The Hall–Kier alpha value is -1.16. The van der Waals surface area contributed by atoms with Gasteiger partial charge in [-0.25, -0.2) is 13.4 Å². The lowest BCUT2D eigenvalue weighted by Gasteiger charge is -2.05. The number of nitrogens with one attached hydrogen (secondary N) is 1. The molecule has 0 fully saturated rings. The normalized spacial score (nSPS) is 11.5. The van der Waals surface area contributed by atoms with Gasteiger partial charge in [0, 0.05) is 22.4 Å². The van der Waals surface area contributed by atoms with Gasteiger partial charge in [-0.05, 0) is 36.8 Å². The lowest BCUT2D eigenvalue weighted by molar-refractivity contribution is -0.116. The van der Waals surface area contributed by atoms with Crippen LogP contribution in [0.3, 0.4) is 0 Å². The predicted molar refractivity (Wildman–Crippen MR) is 117 cm³/mol. The van der Waals surface area contributed by atoms with Gasteiger partial charge < -0.3 is 5.32 Å². The average molecular weight is 496 g/mol. The van der Waals surface area contributed by atoms with Crippen LogP contribution in [0, 0.1) is 0 Å². The minimum absolute atomic E-state index is 0.0623. The van der Waals surface area contributed by atoms with E-state index >= 15 is 0 Å². The summed E-state index contributed by atoms with van der Waals surface area (Å²) in [5, 5.41) is 5.32. The Morgan fingerprint density at radius 2 is 1.86 bits per heavy atom. The molecule has 148 valence electrons. The Bertz CT molecular complexity index is 1090. The maximum atomic E-state index is 12.3.